The van der Waals surface area contributed by atoms with E-state index in [1.54, 1.807) is 6.07 Å². The molecule has 3 nitrogen and oxygen atoms in total. The van der Waals surface area contributed by atoms with Crippen LogP contribution in [0.15, 0.2) is 12.1 Å². The van der Waals surface area contributed by atoms with Crippen molar-refractivity contribution in [1.82, 2.24) is 5.32 Å². The maximum Gasteiger partial charge on any atom is 0.390 e. The van der Waals surface area contributed by atoms with Crippen LogP contribution in [0.2, 0.25) is 0 Å². The van der Waals surface area contributed by atoms with E-state index < -0.39 is 18.6 Å². The van der Waals surface area contributed by atoms with E-state index in [1.807, 2.05) is 0 Å². The third kappa shape index (κ3) is 4.63. The molecule has 0 atom stereocenters. The Kier molecular flexibility index (Phi) is 4.31. The van der Waals surface area contributed by atoms with Crippen LogP contribution >= 0.6 is 11.3 Å². The highest BCUT2D eigenvalue weighted by Gasteiger charge is 2.25. The van der Waals surface area contributed by atoms with Crippen molar-refractivity contribution in [1.29, 1.82) is 0 Å². The number of hydrogen-bond donors (Lipinski definition) is 2. The molecule has 0 bridgehead atoms. The van der Waals surface area contributed by atoms with Gasteiger partial charge in [0.1, 0.15) is 4.88 Å². The first-order valence-corrected chi connectivity index (χ1v) is 5.29. The Morgan fingerprint density at radius 2 is 2.12 bits per heavy atom. The van der Waals surface area contributed by atoms with Gasteiger partial charge in [0.2, 0.25) is 0 Å². The lowest BCUT2D eigenvalue weighted by Gasteiger charge is -2.06. The molecule has 0 amide bonds. The number of rotatable bonds is 5. The van der Waals surface area contributed by atoms with Crippen LogP contribution in [0.1, 0.15) is 21.0 Å². The summed E-state index contributed by atoms with van der Waals surface area (Å²) in [6.07, 6.45) is -5.04. The summed E-state index contributed by atoms with van der Waals surface area (Å²) in [6.45, 7) is 0.0951. The Balaban J connectivity index is 2.30. The fraction of sp³-hybridized carbons (Fsp3) is 0.444. The number of alkyl halides is 3. The average molecular weight is 253 g/mol. The minimum Gasteiger partial charge on any atom is -0.477 e. The molecule has 0 saturated heterocycles. The number of carboxylic acids is 1. The highest BCUT2D eigenvalue weighted by Crippen LogP contribution is 2.19. The number of nitrogens with one attached hydrogen (secondary N) is 1. The van der Waals surface area contributed by atoms with Crippen LogP contribution in [0.5, 0.6) is 0 Å². The molecule has 0 saturated carbocycles. The third-order valence-corrected chi connectivity index (χ3v) is 2.83. The molecule has 90 valence electrons. The molecular weight excluding hydrogens is 243 g/mol. The lowest BCUT2D eigenvalue weighted by molar-refractivity contribution is -0.133. The van der Waals surface area contributed by atoms with Crippen molar-refractivity contribution in [2.24, 2.45) is 0 Å². The maximum absolute atomic E-state index is 11.8. The Morgan fingerprint density at radius 3 is 2.62 bits per heavy atom. The van der Waals surface area contributed by atoms with E-state index in [2.05, 4.69) is 5.32 Å². The number of thiophene rings is 1. The Morgan fingerprint density at radius 1 is 1.44 bits per heavy atom. The van der Waals surface area contributed by atoms with Gasteiger partial charge >= 0.3 is 12.1 Å². The summed E-state index contributed by atoms with van der Waals surface area (Å²) in [5.41, 5.74) is 0. The van der Waals surface area contributed by atoms with Gasteiger partial charge in [0.05, 0.1) is 6.42 Å². The van der Waals surface area contributed by atoms with Crippen molar-refractivity contribution in [3.05, 3.63) is 21.9 Å². The second-order valence-electron chi connectivity index (χ2n) is 3.11. The van der Waals surface area contributed by atoms with Gasteiger partial charge in [-0.1, -0.05) is 0 Å². The van der Waals surface area contributed by atoms with Gasteiger partial charge in [-0.25, -0.2) is 4.79 Å². The molecular formula is C9H10F3NO2S. The van der Waals surface area contributed by atoms with Gasteiger partial charge in [0.15, 0.2) is 0 Å². The summed E-state index contributed by atoms with van der Waals surface area (Å²) < 4.78 is 35.3. The molecule has 0 radical (unpaired) electrons. The summed E-state index contributed by atoms with van der Waals surface area (Å²) in [5.74, 6) is -1.02. The first-order chi connectivity index (χ1) is 7.38. The van der Waals surface area contributed by atoms with E-state index >= 15 is 0 Å². The quantitative estimate of drug-likeness (QED) is 0.793. The van der Waals surface area contributed by atoms with Crippen LogP contribution in [0, 0.1) is 0 Å². The van der Waals surface area contributed by atoms with Crippen molar-refractivity contribution in [2.45, 2.75) is 19.1 Å². The maximum atomic E-state index is 11.8. The molecule has 2 N–H and O–H groups in total. The second-order valence-corrected chi connectivity index (χ2v) is 4.28. The van der Waals surface area contributed by atoms with Gasteiger partial charge in [-0.3, -0.25) is 0 Å². The molecule has 0 fully saturated rings. The standard InChI is InChI=1S/C9H10F3NO2S/c10-9(11,12)3-4-13-5-6-1-2-7(16-6)8(14)15/h1-2,13H,3-5H2,(H,14,15). The van der Waals surface area contributed by atoms with Gasteiger partial charge in [-0.2, -0.15) is 13.2 Å². The first-order valence-electron chi connectivity index (χ1n) is 4.48. The van der Waals surface area contributed by atoms with E-state index in [0.717, 1.165) is 11.3 Å². The third-order valence-electron chi connectivity index (χ3n) is 1.76. The van der Waals surface area contributed by atoms with E-state index in [-0.39, 0.29) is 18.0 Å². The Hall–Kier alpha value is -1.08. The lowest BCUT2D eigenvalue weighted by Crippen LogP contribution is -2.20. The largest absolute Gasteiger partial charge is 0.477 e. The van der Waals surface area contributed by atoms with Crippen molar-refractivity contribution < 1.29 is 23.1 Å². The first kappa shape index (κ1) is 13.0. The molecule has 0 aliphatic heterocycles. The Bertz CT molecular complexity index is 362. The van der Waals surface area contributed by atoms with E-state index in [0.29, 0.717) is 4.88 Å². The number of aromatic carboxylic acids is 1. The van der Waals surface area contributed by atoms with Crippen LogP contribution in [-0.2, 0) is 6.54 Å². The van der Waals surface area contributed by atoms with Gasteiger partial charge < -0.3 is 10.4 Å². The molecule has 1 aromatic rings. The zero-order chi connectivity index (χ0) is 12.2. The highest BCUT2D eigenvalue weighted by molar-refractivity contribution is 7.13. The predicted molar refractivity (Wildman–Crippen MR) is 53.7 cm³/mol. The van der Waals surface area contributed by atoms with E-state index in [9.17, 15) is 18.0 Å². The normalized spacial score (nSPS) is 11.7. The molecule has 0 spiro atoms. The smallest absolute Gasteiger partial charge is 0.390 e. The number of carboxylic acid groups (broad SMARTS) is 1. The second kappa shape index (κ2) is 5.31. The molecule has 0 aliphatic carbocycles. The van der Waals surface area contributed by atoms with E-state index in [4.69, 9.17) is 5.11 Å². The number of hydrogen-bond acceptors (Lipinski definition) is 3. The predicted octanol–water partition coefficient (Wildman–Crippen LogP) is 2.49. The number of halogens is 3. The molecule has 7 heteroatoms. The molecule has 0 aliphatic rings. The van der Waals surface area contributed by atoms with Crippen LogP contribution < -0.4 is 5.32 Å². The molecule has 1 heterocycles. The molecule has 16 heavy (non-hydrogen) atoms. The lowest BCUT2D eigenvalue weighted by atomic mass is 10.4. The summed E-state index contributed by atoms with van der Waals surface area (Å²) in [7, 11) is 0. The zero-order valence-electron chi connectivity index (χ0n) is 8.17. The van der Waals surface area contributed by atoms with Crippen molar-refractivity contribution in [3.8, 4) is 0 Å². The van der Waals surface area contributed by atoms with Crippen LogP contribution in [-0.4, -0.2) is 23.8 Å². The Labute approximate surface area is 93.9 Å². The van der Waals surface area contributed by atoms with E-state index in [1.165, 1.54) is 6.07 Å². The van der Waals surface area contributed by atoms with Gasteiger partial charge in [-0.15, -0.1) is 11.3 Å². The van der Waals surface area contributed by atoms with Gasteiger partial charge in [0.25, 0.3) is 0 Å². The summed E-state index contributed by atoms with van der Waals surface area (Å²) in [4.78, 5) is 11.4. The van der Waals surface area contributed by atoms with Crippen LogP contribution in [0.4, 0.5) is 13.2 Å². The van der Waals surface area contributed by atoms with Crippen molar-refractivity contribution in [3.63, 3.8) is 0 Å². The monoisotopic (exact) mass is 253 g/mol. The van der Waals surface area contributed by atoms with Crippen molar-refractivity contribution >= 4 is 17.3 Å². The highest BCUT2D eigenvalue weighted by atomic mass is 32.1. The van der Waals surface area contributed by atoms with Crippen LogP contribution in [0.3, 0.4) is 0 Å². The minimum absolute atomic E-state index is 0.163. The van der Waals surface area contributed by atoms with Crippen LogP contribution in [0.25, 0.3) is 0 Å². The summed E-state index contributed by atoms with van der Waals surface area (Å²) >= 11 is 1.06. The summed E-state index contributed by atoms with van der Waals surface area (Å²) in [5, 5.41) is 11.2. The van der Waals surface area contributed by atoms with Crippen molar-refractivity contribution in [2.75, 3.05) is 6.54 Å². The number of carbonyl (C=O) groups is 1. The molecule has 0 unspecified atom stereocenters. The fourth-order valence-electron chi connectivity index (χ4n) is 1.03. The van der Waals surface area contributed by atoms with Gasteiger partial charge in [0, 0.05) is 18.0 Å². The zero-order valence-corrected chi connectivity index (χ0v) is 8.99. The fourth-order valence-corrected chi connectivity index (χ4v) is 1.85. The SMILES string of the molecule is O=C(O)c1ccc(CNCCC(F)(F)F)s1. The molecule has 1 aromatic heterocycles. The minimum atomic E-state index is -4.16. The van der Waals surface area contributed by atoms with Gasteiger partial charge in [-0.05, 0) is 12.1 Å². The molecule has 1 rings (SSSR count). The average Bonchev–Trinajstić information content (AvgIpc) is 2.59. The topological polar surface area (TPSA) is 49.3 Å². The molecule has 0 aromatic carbocycles. The summed E-state index contributed by atoms with van der Waals surface area (Å²) in [6, 6.07) is 3.03.